The number of carbonyl (C=O) groups is 1. The van der Waals surface area contributed by atoms with E-state index in [-0.39, 0.29) is 5.97 Å². The van der Waals surface area contributed by atoms with Crippen LogP contribution in [0.15, 0.2) is 34.7 Å². The Labute approximate surface area is 128 Å². The van der Waals surface area contributed by atoms with E-state index in [2.05, 4.69) is 11.2 Å². The average Bonchev–Trinajstić information content (AvgIpc) is 2.86. The standard InChI is InChI=1S/C17H16O3S/c1-4-19-17(18)14-7-5-13(6-8-14)16-11-15(9-10-21-3)12(2)20-16/h5-8,11H,4H2,1-3H3. The Morgan fingerprint density at radius 2 is 2.05 bits per heavy atom. The lowest BCUT2D eigenvalue weighted by molar-refractivity contribution is 0.0526. The third-order valence-electron chi connectivity index (χ3n) is 2.89. The highest BCUT2D eigenvalue weighted by atomic mass is 32.2. The van der Waals surface area contributed by atoms with E-state index in [0.717, 1.165) is 22.6 Å². The fraction of sp³-hybridized carbons (Fsp3) is 0.235. The molecule has 0 saturated carbocycles. The van der Waals surface area contributed by atoms with Crippen molar-refractivity contribution < 1.29 is 13.9 Å². The van der Waals surface area contributed by atoms with Gasteiger partial charge in [0.25, 0.3) is 0 Å². The fourth-order valence-electron chi connectivity index (χ4n) is 1.84. The number of carbonyl (C=O) groups excluding carboxylic acids is 1. The minimum atomic E-state index is -0.314. The van der Waals surface area contributed by atoms with Gasteiger partial charge in [-0.2, -0.15) is 0 Å². The summed E-state index contributed by atoms with van der Waals surface area (Å²) in [4.78, 5) is 11.6. The Kier molecular flexibility index (Phi) is 5.13. The van der Waals surface area contributed by atoms with Crippen LogP contribution in [0.1, 0.15) is 28.6 Å². The highest BCUT2D eigenvalue weighted by Crippen LogP contribution is 2.25. The second-order valence-electron chi connectivity index (χ2n) is 4.31. The van der Waals surface area contributed by atoms with E-state index in [1.54, 1.807) is 19.1 Å². The van der Waals surface area contributed by atoms with Crippen LogP contribution in [-0.4, -0.2) is 18.8 Å². The minimum absolute atomic E-state index is 0.314. The summed E-state index contributed by atoms with van der Waals surface area (Å²) in [5.74, 6) is 4.27. The van der Waals surface area contributed by atoms with Crippen LogP contribution in [0.2, 0.25) is 0 Å². The molecule has 2 aromatic rings. The summed E-state index contributed by atoms with van der Waals surface area (Å²) in [5.41, 5.74) is 2.32. The van der Waals surface area contributed by atoms with E-state index in [1.165, 1.54) is 11.8 Å². The van der Waals surface area contributed by atoms with Crippen LogP contribution in [0.25, 0.3) is 11.3 Å². The summed E-state index contributed by atoms with van der Waals surface area (Å²) in [6.45, 7) is 4.05. The quantitative estimate of drug-likeness (QED) is 0.632. The summed E-state index contributed by atoms with van der Waals surface area (Å²) in [7, 11) is 0. The van der Waals surface area contributed by atoms with Gasteiger partial charge in [-0.25, -0.2) is 4.79 Å². The van der Waals surface area contributed by atoms with Crippen molar-refractivity contribution in [2.24, 2.45) is 0 Å². The molecule has 0 aliphatic rings. The summed E-state index contributed by atoms with van der Waals surface area (Å²) < 4.78 is 10.7. The highest BCUT2D eigenvalue weighted by Gasteiger charge is 2.10. The van der Waals surface area contributed by atoms with Crippen molar-refractivity contribution in [3.8, 4) is 22.5 Å². The molecule has 0 bridgehead atoms. The smallest absolute Gasteiger partial charge is 0.338 e. The van der Waals surface area contributed by atoms with Crippen LogP contribution >= 0.6 is 11.8 Å². The molecule has 0 amide bonds. The van der Waals surface area contributed by atoms with Gasteiger partial charge >= 0.3 is 5.97 Å². The number of aryl methyl sites for hydroxylation is 1. The number of hydrogen-bond donors (Lipinski definition) is 0. The SMILES string of the molecule is CCOC(=O)c1ccc(-c2cc(C#CSC)c(C)o2)cc1. The van der Waals surface area contributed by atoms with Crippen LogP contribution in [0.3, 0.4) is 0 Å². The molecule has 21 heavy (non-hydrogen) atoms. The number of ether oxygens (including phenoxy) is 1. The normalized spacial score (nSPS) is 9.86. The first-order chi connectivity index (χ1) is 10.2. The Bertz CT molecular complexity index is 687. The molecule has 0 unspecified atom stereocenters. The van der Waals surface area contributed by atoms with Gasteiger partial charge in [0, 0.05) is 11.6 Å². The second kappa shape index (κ2) is 7.05. The molecule has 0 radical (unpaired) electrons. The van der Waals surface area contributed by atoms with E-state index >= 15 is 0 Å². The van der Waals surface area contributed by atoms with Crippen LogP contribution in [0.5, 0.6) is 0 Å². The van der Waals surface area contributed by atoms with Crippen molar-refractivity contribution in [2.45, 2.75) is 13.8 Å². The van der Waals surface area contributed by atoms with Gasteiger partial charge in [0.15, 0.2) is 0 Å². The lowest BCUT2D eigenvalue weighted by atomic mass is 10.1. The number of benzene rings is 1. The molecule has 0 fully saturated rings. The molecule has 0 aliphatic heterocycles. The number of esters is 1. The topological polar surface area (TPSA) is 39.4 Å². The third-order valence-corrected chi connectivity index (χ3v) is 3.19. The number of rotatable bonds is 3. The molecule has 0 aliphatic carbocycles. The maximum Gasteiger partial charge on any atom is 0.338 e. The maximum absolute atomic E-state index is 11.6. The van der Waals surface area contributed by atoms with E-state index in [1.807, 2.05) is 31.4 Å². The van der Waals surface area contributed by atoms with Crippen molar-refractivity contribution in [2.75, 3.05) is 12.9 Å². The van der Waals surface area contributed by atoms with Crippen LogP contribution in [-0.2, 0) is 4.74 Å². The molecule has 0 spiro atoms. The number of hydrogen-bond acceptors (Lipinski definition) is 4. The third kappa shape index (κ3) is 3.71. The summed E-state index contributed by atoms with van der Waals surface area (Å²) in [6, 6.07) is 9.07. The summed E-state index contributed by atoms with van der Waals surface area (Å²) in [6.07, 6.45) is 1.93. The van der Waals surface area contributed by atoms with Crippen LogP contribution < -0.4 is 0 Å². The Balaban J connectivity index is 2.25. The molecule has 108 valence electrons. The zero-order chi connectivity index (χ0) is 15.2. The predicted octanol–water partition coefficient (Wildman–Crippen LogP) is 4.10. The average molecular weight is 300 g/mol. The molecule has 1 aromatic carbocycles. The first-order valence-electron chi connectivity index (χ1n) is 6.57. The molecular formula is C17H16O3S. The number of furan rings is 1. The van der Waals surface area contributed by atoms with Crippen LogP contribution in [0, 0.1) is 18.1 Å². The number of thioether (sulfide) groups is 1. The van der Waals surface area contributed by atoms with Crippen molar-refractivity contribution in [1.82, 2.24) is 0 Å². The van der Waals surface area contributed by atoms with Crippen molar-refractivity contribution >= 4 is 17.7 Å². The first kappa shape index (κ1) is 15.3. The first-order valence-corrected chi connectivity index (χ1v) is 7.80. The van der Waals surface area contributed by atoms with Gasteiger partial charge in [-0.15, -0.1) is 0 Å². The molecule has 3 nitrogen and oxygen atoms in total. The van der Waals surface area contributed by atoms with E-state index < -0.39 is 0 Å². The predicted molar refractivity (Wildman–Crippen MR) is 85.2 cm³/mol. The molecule has 0 saturated heterocycles. The zero-order valence-corrected chi connectivity index (χ0v) is 13.0. The largest absolute Gasteiger partial charge is 0.462 e. The van der Waals surface area contributed by atoms with Gasteiger partial charge in [0.05, 0.1) is 17.7 Å². The van der Waals surface area contributed by atoms with Gasteiger partial charge in [0.2, 0.25) is 0 Å². The van der Waals surface area contributed by atoms with Gasteiger partial charge in [-0.05, 0) is 37.5 Å². The van der Waals surface area contributed by atoms with Gasteiger partial charge in [-0.3, -0.25) is 0 Å². The molecule has 1 heterocycles. The Morgan fingerprint density at radius 3 is 2.67 bits per heavy atom. The second-order valence-corrected chi connectivity index (χ2v) is 4.92. The van der Waals surface area contributed by atoms with Crippen molar-refractivity contribution in [3.63, 3.8) is 0 Å². The lowest BCUT2D eigenvalue weighted by Crippen LogP contribution is -2.03. The van der Waals surface area contributed by atoms with Crippen molar-refractivity contribution in [1.29, 1.82) is 0 Å². The van der Waals surface area contributed by atoms with Gasteiger partial charge in [-0.1, -0.05) is 29.8 Å². The van der Waals surface area contributed by atoms with E-state index in [9.17, 15) is 4.79 Å². The summed E-state index contributed by atoms with van der Waals surface area (Å²) >= 11 is 1.47. The van der Waals surface area contributed by atoms with Crippen molar-refractivity contribution in [3.05, 3.63) is 47.2 Å². The van der Waals surface area contributed by atoms with E-state index in [0.29, 0.717) is 12.2 Å². The molecule has 0 atom stereocenters. The van der Waals surface area contributed by atoms with Gasteiger partial charge < -0.3 is 9.15 Å². The molecular weight excluding hydrogens is 284 g/mol. The van der Waals surface area contributed by atoms with Gasteiger partial charge in [0.1, 0.15) is 11.5 Å². The molecule has 4 heteroatoms. The maximum atomic E-state index is 11.6. The minimum Gasteiger partial charge on any atom is -0.462 e. The molecule has 2 rings (SSSR count). The lowest BCUT2D eigenvalue weighted by Gasteiger charge is -2.02. The fourth-order valence-corrected chi connectivity index (χ4v) is 2.05. The molecule has 1 aromatic heterocycles. The highest BCUT2D eigenvalue weighted by molar-refractivity contribution is 8.03. The van der Waals surface area contributed by atoms with E-state index in [4.69, 9.17) is 9.15 Å². The van der Waals surface area contributed by atoms with Crippen LogP contribution in [0.4, 0.5) is 0 Å². The Hall–Kier alpha value is -2.12. The summed E-state index contributed by atoms with van der Waals surface area (Å²) in [5, 5.41) is 2.95. The monoisotopic (exact) mass is 300 g/mol. The zero-order valence-electron chi connectivity index (χ0n) is 12.2. The Morgan fingerprint density at radius 1 is 1.33 bits per heavy atom. The molecule has 0 N–H and O–H groups in total.